The molecule has 2 heterocycles. The average molecular weight is 308 g/mol. The molecule has 0 aliphatic carbocycles. The minimum absolute atomic E-state index is 0.183. The summed E-state index contributed by atoms with van der Waals surface area (Å²) in [6, 6.07) is 1.62. The largest absolute Gasteiger partial charge is 0.382 e. The van der Waals surface area contributed by atoms with E-state index in [0.29, 0.717) is 12.3 Å². The highest BCUT2D eigenvalue weighted by atomic mass is 32.1. The first-order valence-electron chi connectivity index (χ1n) is 6.87. The van der Waals surface area contributed by atoms with Crippen LogP contribution in [-0.2, 0) is 18.2 Å². The molecule has 114 valence electrons. The number of aryl methyl sites for hydroxylation is 2. The second-order valence-corrected chi connectivity index (χ2v) is 5.68. The molecule has 21 heavy (non-hydrogen) atoms. The Hall–Kier alpha value is -1.73. The van der Waals surface area contributed by atoms with E-state index in [9.17, 15) is 4.79 Å². The molecule has 0 aromatic carbocycles. The number of nitrogens with zero attached hydrogens (tertiary/aromatic N) is 3. The van der Waals surface area contributed by atoms with Gasteiger partial charge in [-0.15, -0.1) is 11.3 Å². The normalized spacial score (nSPS) is 12.3. The van der Waals surface area contributed by atoms with Gasteiger partial charge in [0.05, 0.1) is 23.4 Å². The van der Waals surface area contributed by atoms with E-state index in [-0.39, 0.29) is 11.9 Å². The van der Waals surface area contributed by atoms with E-state index < -0.39 is 0 Å². The fourth-order valence-electron chi connectivity index (χ4n) is 2.07. The first-order chi connectivity index (χ1) is 10.2. The topological polar surface area (TPSA) is 69.0 Å². The molecule has 0 saturated carbocycles. The monoisotopic (exact) mass is 308 g/mol. The molecule has 1 amide bonds. The Labute approximate surface area is 128 Å². The quantitative estimate of drug-likeness (QED) is 0.849. The van der Waals surface area contributed by atoms with Crippen molar-refractivity contribution in [1.29, 1.82) is 0 Å². The van der Waals surface area contributed by atoms with E-state index in [2.05, 4.69) is 22.3 Å². The van der Waals surface area contributed by atoms with E-state index in [4.69, 9.17) is 4.74 Å². The summed E-state index contributed by atoms with van der Waals surface area (Å²) in [6.07, 6.45) is 3.63. The molecule has 2 aromatic rings. The summed E-state index contributed by atoms with van der Waals surface area (Å²) in [4.78, 5) is 16.7. The highest BCUT2D eigenvalue weighted by Crippen LogP contribution is 2.15. The molecule has 1 atom stereocenters. The van der Waals surface area contributed by atoms with Crippen molar-refractivity contribution in [1.82, 2.24) is 20.1 Å². The molecule has 1 N–H and O–H groups in total. The third-order valence-electron chi connectivity index (χ3n) is 3.10. The molecular weight excluding hydrogens is 288 g/mol. The van der Waals surface area contributed by atoms with Crippen LogP contribution in [0, 0.1) is 0 Å². The molecule has 2 aromatic heterocycles. The third kappa shape index (κ3) is 3.89. The molecular formula is C14H20N4O2S. The van der Waals surface area contributed by atoms with Crippen molar-refractivity contribution in [2.75, 3.05) is 13.7 Å². The van der Waals surface area contributed by atoms with Crippen molar-refractivity contribution in [2.24, 2.45) is 7.05 Å². The number of thiazole rings is 1. The summed E-state index contributed by atoms with van der Waals surface area (Å²) in [5.74, 6) is -0.183. The summed E-state index contributed by atoms with van der Waals surface area (Å²) in [7, 11) is 3.45. The van der Waals surface area contributed by atoms with Crippen LogP contribution in [-0.4, -0.2) is 34.4 Å². The van der Waals surface area contributed by atoms with Crippen molar-refractivity contribution in [3.8, 4) is 0 Å². The van der Waals surface area contributed by atoms with Crippen LogP contribution in [0.25, 0.3) is 0 Å². The van der Waals surface area contributed by atoms with Crippen molar-refractivity contribution >= 4 is 17.2 Å². The average Bonchev–Trinajstić information content (AvgIpc) is 3.08. The Bertz CT molecular complexity index is 593. The Morgan fingerprint density at radius 3 is 3.00 bits per heavy atom. The van der Waals surface area contributed by atoms with Crippen molar-refractivity contribution in [2.45, 2.75) is 25.8 Å². The van der Waals surface area contributed by atoms with Crippen molar-refractivity contribution in [3.05, 3.63) is 34.0 Å². The number of aromatic nitrogens is 3. The second-order valence-electron chi connectivity index (χ2n) is 4.74. The van der Waals surface area contributed by atoms with Crippen LogP contribution in [0.15, 0.2) is 17.6 Å². The zero-order valence-corrected chi connectivity index (χ0v) is 13.3. The number of methoxy groups -OCH3 is 1. The van der Waals surface area contributed by atoms with Gasteiger partial charge >= 0.3 is 0 Å². The molecule has 0 spiro atoms. The molecule has 7 heteroatoms. The SMILES string of the molecule is CCCc1nc(C(=O)N[C@@H](COC)c2ccnn2C)cs1. The van der Waals surface area contributed by atoms with Gasteiger partial charge in [0.1, 0.15) is 5.69 Å². The fourth-order valence-corrected chi connectivity index (χ4v) is 2.95. The number of carbonyl (C=O) groups excluding carboxylic acids is 1. The highest BCUT2D eigenvalue weighted by Gasteiger charge is 2.20. The van der Waals surface area contributed by atoms with Crippen LogP contribution in [0.2, 0.25) is 0 Å². The predicted octanol–water partition coefficient (Wildman–Crippen LogP) is 1.95. The van der Waals surface area contributed by atoms with Gasteiger partial charge in [-0.1, -0.05) is 6.92 Å². The summed E-state index contributed by atoms with van der Waals surface area (Å²) in [5, 5.41) is 9.87. The van der Waals surface area contributed by atoms with Gasteiger partial charge < -0.3 is 10.1 Å². The van der Waals surface area contributed by atoms with Crippen molar-refractivity contribution < 1.29 is 9.53 Å². The van der Waals surface area contributed by atoms with Gasteiger partial charge in [0.15, 0.2) is 0 Å². The molecule has 0 saturated heterocycles. The predicted molar refractivity (Wildman–Crippen MR) is 81.4 cm³/mol. The zero-order chi connectivity index (χ0) is 15.2. The maximum atomic E-state index is 12.3. The number of ether oxygens (including phenoxy) is 1. The minimum atomic E-state index is -0.244. The van der Waals surface area contributed by atoms with E-state index >= 15 is 0 Å². The number of carbonyl (C=O) groups is 1. The molecule has 0 aliphatic rings. The lowest BCUT2D eigenvalue weighted by Gasteiger charge is -2.17. The second kappa shape index (κ2) is 7.33. The first-order valence-corrected chi connectivity index (χ1v) is 7.75. The summed E-state index contributed by atoms with van der Waals surface area (Å²) in [5.41, 5.74) is 1.36. The van der Waals surface area contributed by atoms with Crippen LogP contribution in [0.1, 0.15) is 40.6 Å². The number of rotatable bonds is 7. The fraction of sp³-hybridized carbons (Fsp3) is 0.500. The Morgan fingerprint density at radius 1 is 1.57 bits per heavy atom. The van der Waals surface area contributed by atoms with Crippen LogP contribution >= 0.6 is 11.3 Å². The molecule has 0 aliphatic heterocycles. The van der Waals surface area contributed by atoms with Gasteiger partial charge in [0.2, 0.25) is 0 Å². The summed E-state index contributed by atoms with van der Waals surface area (Å²) in [6.45, 7) is 2.48. The maximum absolute atomic E-state index is 12.3. The van der Waals surface area contributed by atoms with Gasteiger partial charge in [-0.2, -0.15) is 5.10 Å². The van der Waals surface area contributed by atoms with E-state index in [1.54, 1.807) is 23.4 Å². The van der Waals surface area contributed by atoms with Gasteiger partial charge in [-0.05, 0) is 18.9 Å². The van der Waals surface area contributed by atoms with E-state index in [1.807, 2.05) is 13.1 Å². The number of hydrogen-bond donors (Lipinski definition) is 1. The van der Waals surface area contributed by atoms with Gasteiger partial charge in [0, 0.05) is 25.7 Å². The summed E-state index contributed by atoms with van der Waals surface area (Å²) >= 11 is 1.52. The summed E-state index contributed by atoms with van der Waals surface area (Å²) < 4.78 is 6.92. The Kier molecular flexibility index (Phi) is 5.46. The van der Waals surface area contributed by atoms with Crippen LogP contribution < -0.4 is 5.32 Å². The smallest absolute Gasteiger partial charge is 0.271 e. The molecule has 2 rings (SSSR count). The Morgan fingerprint density at radius 2 is 2.38 bits per heavy atom. The first kappa shape index (κ1) is 15.7. The molecule has 6 nitrogen and oxygen atoms in total. The van der Waals surface area contributed by atoms with Crippen molar-refractivity contribution in [3.63, 3.8) is 0 Å². The van der Waals surface area contributed by atoms with Gasteiger partial charge in [-0.25, -0.2) is 4.98 Å². The van der Waals surface area contributed by atoms with Crippen LogP contribution in [0.4, 0.5) is 0 Å². The van der Waals surface area contributed by atoms with E-state index in [0.717, 1.165) is 23.5 Å². The molecule has 0 fully saturated rings. The lowest BCUT2D eigenvalue weighted by molar-refractivity contribution is 0.0888. The standard InChI is InChI=1S/C14H20N4O2S/c1-4-5-13-16-11(9-21-13)14(19)17-10(8-20-3)12-6-7-15-18(12)2/h6-7,9-10H,4-5,8H2,1-3H3,(H,17,19)/t10-/m0/s1. The number of nitrogens with one attached hydrogen (secondary N) is 1. The van der Waals surface area contributed by atoms with Crippen LogP contribution in [0.5, 0.6) is 0 Å². The van der Waals surface area contributed by atoms with Gasteiger partial charge in [-0.3, -0.25) is 9.48 Å². The molecule has 0 unspecified atom stereocenters. The maximum Gasteiger partial charge on any atom is 0.271 e. The minimum Gasteiger partial charge on any atom is -0.382 e. The Balaban J connectivity index is 2.09. The highest BCUT2D eigenvalue weighted by molar-refractivity contribution is 7.09. The molecule has 0 radical (unpaired) electrons. The number of hydrogen-bond acceptors (Lipinski definition) is 5. The third-order valence-corrected chi connectivity index (χ3v) is 4.01. The van der Waals surface area contributed by atoms with Gasteiger partial charge in [0.25, 0.3) is 5.91 Å². The lowest BCUT2D eigenvalue weighted by atomic mass is 10.2. The van der Waals surface area contributed by atoms with Crippen LogP contribution in [0.3, 0.4) is 0 Å². The lowest BCUT2D eigenvalue weighted by Crippen LogP contribution is -2.32. The zero-order valence-electron chi connectivity index (χ0n) is 12.5. The molecule has 0 bridgehead atoms. The van der Waals surface area contributed by atoms with E-state index in [1.165, 1.54) is 11.3 Å². The number of amides is 1.